The van der Waals surface area contributed by atoms with E-state index < -0.39 is 0 Å². The fourth-order valence-corrected chi connectivity index (χ4v) is 14.6. The number of para-hydroxylation sites is 2. The van der Waals surface area contributed by atoms with E-state index in [2.05, 4.69) is 76.1 Å². The molecule has 4 aliphatic rings. The molecule has 1 unspecified atom stereocenters. The average molecular weight is 1400 g/mol. The maximum absolute atomic E-state index is 13.7. The molecule has 6 amide bonds. The first kappa shape index (κ1) is 71.8. The molecule has 16 heteroatoms. The number of aromatic nitrogens is 2. The van der Waals surface area contributed by atoms with Gasteiger partial charge in [-0.25, -0.2) is 0 Å². The van der Waals surface area contributed by atoms with Gasteiger partial charge in [0.15, 0.2) is 0 Å². The number of carbonyl (C=O) groups excluding carboxylic acids is 6. The van der Waals surface area contributed by atoms with Crippen molar-refractivity contribution >= 4 is 86.5 Å². The Labute approximate surface area is 608 Å². The first-order valence-electron chi connectivity index (χ1n) is 35.9. The fourth-order valence-electron chi connectivity index (χ4n) is 14.4. The van der Waals surface area contributed by atoms with E-state index in [1.807, 2.05) is 209 Å². The normalized spacial score (nSPS) is 15.4. The van der Waals surface area contributed by atoms with Crippen LogP contribution in [0.5, 0.6) is 0 Å². The van der Waals surface area contributed by atoms with Crippen molar-refractivity contribution in [3.63, 3.8) is 0 Å². The van der Waals surface area contributed by atoms with E-state index >= 15 is 0 Å². The molecular weight excluding hydrogens is 1310 g/mol. The smallest absolute Gasteiger partial charge is 0.270 e. The number of nitrogens with one attached hydrogen (secondary N) is 2. The standard InChI is InChI=1S/C33H36ClN3O2.C29H28ClN3O2.C24H26N2O2/c1-23(2)26-11-7-24(8-12-26)15-18-35-32(38)27-16-19-36(20-17-27)33(39)31-21-28-5-3-4-6-30(28)37(31)22-25-9-13-29(34)14-10-25;30-25-14-12-22(13-15-25)19-33-26-11-5-4-9-23(26)17-27(33)29(35)32-16-6-10-24(20-32)28(34)31-18-21-7-2-1-3-8-21;1-25(17-18-7-3-2-4-8-18)23(27)19-11-13-26(14-12-19)24(28)22-15-20-9-5-6-10-21(20)16-22/h3-14,21,23,27H,15-20,22H2,1-2H3,(H,35,38);1-5,7-9,11-15,17,24H,6,10,16,18-20H2,(H,31,34);2-10,15,19H,11-14,16-17H2,1H3. The Balaban J connectivity index is 0.000000146. The highest BCUT2D eigenvalue weighted by Gasteiger charge is 2.34. The number of fused-ring (bicyclic) bond motifs is 3. The third-order valence-corrected chi connectivity index (χ3v) is 20.8. The van der Waals surface area contributed by atoms with Gasteiger partial charge in [0, 0.05) is 135 Å². The average Bonchev–Trinajstić information content (AvgIpc) is 1.63. The SMILES string of the molecule is CC(C)c1ccc(CCNC(=O)C2CCN(C(=O)c3cc4ccccc4n3Cc3ccc(Cl)cc3)CC2)cc1.CN(Cc1ccccc1)C(=O)C1CCN(C(=O)C2=Cc3ccccc3C2)CC1.O=C(NCc1ccccc1)C1CCCN(C(=O)c2cc3ccccc3n2Cc2ccc(Cl)cc2)C1. The van der Waals surface area contributed by atoms with Crippen molar-refractivity contribution < 1.29 is 28.8 Å². The Morgan fingerprint density at radius 3 is 1.54 bits per heavy atom. The van der Waals surface area contributed by atoms with Crippen LogP contribution in [0.4, 0.5) is 0 Å². The largest absolute Gasteiger partial charge is 0.356 e. The molecule has 1 atom stereocenters. The minimum Gasteiger partial charge on any atom is -0.356 e. The molecule has 14 nitrogen and oxygen atoms in total. The Hall–Kier alpha value is -10.0. The quantitative estimate of drug-likeness (QED) is 0.0874. The first-order chi connectivity index (χ1) is 49.6. The highest BCUT2D eigenvalue weighted by atomic mass is 35.5. The Morgan fingerprint density at radius 1 is 0.480 bits per heavy atom. The Bertz CT molecular complexity index is 4570. The molecule has 0 spiro atoms. The lowest BCUT2D eigenvalue weighted by Gasteiger charge is -2.33. The molecule has 3 saturated heterocycles. The third kappa shape index (κ3) is 18.2. The molecule has 524 valence electrons. The van der Waals surface area contributed by atoms with Crippen LogP contribution >= 0.6 is 23.2 Å². The number of rotatable bonds is 18. The summed E-state index contributed by atoms with van der Waals surface area (Å²) < 4.78 is 4.16. The van der Waals surface area contributed by atoms with E-state index in [4.69, 9.17) is 23.2 Å². The molecule has 10 aromatic rings. The minimum absolute atomic E-state index is 0.00696. The van der Waals surface area contributed by atoms with Crippen LogP contribution < -0.4 is 10.6 Å². The molecule has 3 fully saturated rings. The van der Waals surface area contributed by atoms with E-state index in [-0.39, 0.29) is 53.2 Å². The van der Waals surface area contributed by atoms with Crippen LogP contribution in [0.1, 0.15) is 124 Å². The highest BCUT2D eigenvalue weighted by molar-refractivity contribution is 6.30. The van der Waals surface area contributed by atoms with Crippen LogP contribution in [-0.2, 0) is 58.2 Å². The van der Waals surface area contributed by atoms with Gasteiger partial charge in [0.1, 0.15) is 11.4 Å². The van der Waals surface area contributed by atoms with Gasteiger partial charge in [-0.2, -0.15) is 0 Å². The molecule has 0 radical (unpaired) electrons. The van der Waals surface area contributed by atoms with Crippen molar-refractivity contribution in [2.75, 3.05) is 52.9 Å². The molecule has 0 saturated carbocycles. The highest BCUT2D eigenvalue weighted by Crippen LogP contribution is 2.31. The first-order valence-corrected chi connectivity index (χ1v) is 36.6. The lowest BCUT2D eigenvalue weighted by Crippen LogP contribution is -2.45. The van der Waals surface area contributed by atoms with Gasteiger partial charge in [-0.1, -0.05) is 207 Å². The zero-order valence-corrected chi connectivity index (χ0v) is 60.0. The minimum atomic E-state index is -0.203. The monoisotopic (exact) mass is 1400 g/mol. The van der Waals surface area contributed by atoms with Gasteiger partial charge >= 0.3 is 0 Å². The molecule has 2 N–H and O–H groups in total. The third-order valence-electron chi connectivity index (χ3n) is 20.3. The van der Waals surface area contributed by atoms with Crippen LogP contribution in [0.25, 0.3) is 27.9 Å². The van der Waals surface area contributed by atoms with Crippen LogP contribution in [-0.4, -0.2) is 117 Å². The molecule has 102 heavy (non-hydrogen) atoms. The summed E-state index contributed by atoms with van der Waals surface area (Å²) in [7, 11) is 1.87. The van der Waals surface area contributed by atoms with Crippen molar-refractivity contribution in [3.05, 3.63) is 290 Å². The summed E-state index contributed by atoms with van der Waals surface area (Å²) in [5.74, 6) is 0.659. The molecule has 1 aliphatic carbocycles. The Morgan fingerprint density at radius 2 is 0.971 bits per heavy atom. The molecule has 8 aromatic carbocycles. The second kappa shape index (κ2) is 34.1. The number of benzene rings is 8. The van der Waals surface area contributed by atoms with Gasteiger partial charge in [0.05, 0.1) is 5.92 Å². The number of hydrogen-bond donors (Lipinski definition) is 2. The second-order valence-electron chi connectivity index (χ2n) is 27.7. The van der Waals surface area contributed by atoms with Gasteiger partial charge in [-0.05, 0) is 150 Å². The second-order valence-corrected chi connectivity index (χ2v) is 28.6. The van der Waals surface area contributed by atoms with E-state index in [0.29, 0.717) is 119 Å². The summed E-state index contributed by atoms with van der Waals surface area (Å²) in [6.45, 7) is 10.9. The zero-order valence-electron chi connectivity index (χ0n) is 58.5. The maximum Gasteiger partial charge on any atom is 0.270 e. The van der Waals surface area contributed by atoms with Gasteiger partial charge in [0.2, 0.25) is 23.6 Å². The van der Waals surface area contributed by atoms with Gasteiger partial charge in [-0.3, -0.25) is 28.8 Å². The lowest BCUT2D eigenvalue weighted by molar-refractivity contribution is -0.139. The number of piperidine rings is 3. The predicted molar refractivity (Wildman–Crippen MR) is 408 cm³/mol. The van der Waals surface area contributed by atoms with Crippen molar-refractivity contribution in [1.29, 1.82) is 0 Å². The number of hydrogen-bond acceptors (Lipinski definition) is 6. The summed E-state index contributed by atoms with van der Waals surface area (Å²) in [6, 6.07) is 72.3. The number of likely N-dealkylation sites (tertiary alicyclic amines) is 3. The summed E-state index contributed by atoms with van der Waals surface area (Å²) >= 11 is 12.1. The number of halogens is 2. The molecule has 0 bridgehead atoms. The van der Waals surface area contributed by atoms with E-state index in [9.17, 15) is 28.8 Å². The summed E-state index contributed by atoms with van der Waals surface area (Å²) in [4.78, 5) is 86.3. The van der Waals surface area contributed by atoms with Gasteiger partial charge in [-0.15, -0.1) is 0 Å². The molecule has 2 aromatic heterocycles. The zero-order chi connectivity index (χ0) is 71.1. The van der Waals surface area contributed by atoms with Crippen LogP contribution in [0.3, 0.4) is 0 Å². The van der Waals surface area contributed by atoms with E-state index in [1.54, 1.807) is 0 Å². The topological polar surface area (TPSA) is 149 Å². The van der Waals surface area contributed by atoms with Crippen molar-refractivity contribution in [2.24, 2.45) is 17.8 Å². The van der Waals surface area contributed by atoms with Gasteiger partial charge < -0.3 is 39.4 Å². The number of amides is 6. The summed E-state index contributed by atoms with van der Waals surface area (Å²) in [5, 5.41) is 9.61. The van der Waals surface area contributed by atoms with Crippen molar-refractivity contribution in [2.45, 2.75) is 97.3 Å². The van der Waals surface area contributed by atoms with Crippen LogP contribution in [0, 0.1) is 17.8 Å². The van der Waals surface area contributed by atoms with Gasteiger partial charge in [0.25, 0.3) is 11.8 Å². The van der Waals surface area contributed by atoms with Crippen LogP contribution in [0.2, 0.25) is 10.0 Å². The summed E-state index contributed by atoms with van der Waals surface area (Å²) in [5.41, 5.74) is 13.5. The number of nitrogens with zero attached hydrogens (tertiary/aromatic N) is 6. The fraction of sp³-hybridized carbons (Fsp3) is 0.302. The maximum atomic E-state index is 13.7. The lowest BCUT2D eigenvalue weighted by atomic mass is 9.94. The molecule has 14 rings (SSSR count). The van der Waals surface area contributed by atoms with Crippen LogP contribution in [0.15, 0.2) is 224 Å². The molecule has 3 aliphatic heterocycles. The molecular formula is C86H90Cl2N8O6. The Kier molecular flexibility index (Phi) is 24.0. The van der Waals surface area contributed by atoms with Crippen molar-refractivity contribution in [1.82, 2.24) is 39.4 Å². The van der Waals surface area contributed by atoms with Crippen molar-refractivity contribution in [3.8, 4) is 0 Å². The van der Waals surface area contributed by atoms with E-state index in [0.717, 1.165) is 87.3 Å². The number of carbonyl (C=O) groups is 6. The van der Waals surface area contributed by atoms with E-state index in [1.165, 1.54) is 16.7 Å². The summed E-state index contributed by atoms with van der Waals surface area (Å²) in [6.07, 6.45) is 7.99. The molecule has 5 heterocycles. The predicted octanol–water partition coefficient (Wildman–Crippen LogP) is 15.7.